The Labute approximate surface area is 136 Å². The summed E-state index contributed by atoms with van der Waals surface area (Å²) >= 11 is 0. The highest BCUT2D eigenvalue weighted by Crippen LogP contribution is 2.04. The molecule has 0 rings (SSSR count). The van der Waals surface area contributed by atoms with Gasteiger partial charge in [0.2, 0.25) is 0 Å². The number of aliphatic carboxylic acids is 1. The second-order valence-corrected chi connectivity index (χ2v) is 5.85. The Morgan fingerprint density at radius 2 is 1.27 bits per heavy atom. The average Bonchev–Trinajstić information content (AvgIpc) is 2.46. The van der Waals surface area contributed by atoms with Gasteiger partial charge in [0.25, 0.3) is 0 Å². The molecule has 0 spiro atoms. The number of hydrogen-bond acceptors (Lipinski definition) is 1. The van der Waals surface area contributed by atoms with Crippen molar-refractivity contribution in [2.45, 2.75) is 65.2 Å². The van der Waals surface area contributed by atoms with E-state index in [1.165, 1.54) is 12.8 Å². The summed E-state index contributed by atoms with van der Waals surface area (Å²) in [6.07, 6.45) is 24.6. The third-order valence-electron chi connectivity index (χ3n) is 3.16. The van der Waals surface area contributed by atoms with Crippen molar-refractivity contribution >= 4 is 5.97 Å². The van der Waals surface area contributed by atoms with Crippen LogP contribution < -0.4 is 0 Å². The van der Waals surface area contributed by atoms with Crippen molar-refractivity contribution in [2.75, 3.05) is 0 Å². The smallest absolute Gasteiger partial charge is 0.303 e. The van der Waals surface area contributed by atoms with Crippen LogP contribution in [-0.4, -0.2) is 11.1 Å². The van der Waals surface area contributed by atoms with Gasteiger partial charge in [-0.25, -0.2) is 0 Å². The summed E-state index contributed by atoms with van der Waals surface area (Å²) in [6, 6.07) is 0. The maximum Gasteiger partial charge on any atom is 0.303 e. The van der Waals surface area contributed by atoms with Crippen molar-refractivity contribution < 1.29 is 9.90 Å². The number of carbonyl (C=O) groups is 1. The number of carboxylic acid groups (broad SMARTS) is 1. The van der Waals surface area contributed by atoms with Gasteiger partial charge in [0.1, 0.15) is 0 Å². The van der Waals surface area contributed by atoms with Crippen LogP contribution in [0.15, 0.2) is 48.6 Å². The molecule has 0 aromatic rings. The fourth-order valence-corrected chi connectivity index (χ4v) is 1.85. The van der Waals surface area contributed by atoms with Gasteiger partial charge in [0, 0.05) is 6.42 Å². The molecule has 2 nitrogen and oxygen atoms in total. The van der Waals surface area contributed by atoms with Crippen LogP contribution in [0, 0.1) is 5.92 Å². The molecule has 0 aromatic heterocycles. The van der Waals surface area contributed by atoms with Gasteiger partial charge in [-0.15, -0.1) is 0 Å². The summed E-state index contributed by atoms with van der Waals surface area (Å²) < 4.78 is 0. The fraction of sp³-hybridized carbons (Fsp3) is 0.550. The molecule has 0 aliphatic heterocycles. The molecule has 2 heteroatoms. The predicted octanol–water partition coefficient (Wildman–Crippen LogP) is 6.07. The van der Waals surface area contributed by atoms with Crippen LogP contribution >= 0.6 is 0 Å². The Kier molecular flexibility index (Phi) is 14.7. The normalized spacial score (nSPS) is 12.7. The van der Waals surface area contributed by atoms with Crippen molar-refractivity contribution in [1.82, 2.24) is 0 Å². The van der Waals surface area contributed by atoms with Crippen LogP contribution in [0.4, 0.5) is 0 Å². The van der Waals surface area contributed by atoms with E-state index in [2.05, 4.69) is 62.5 Å². The lowest BCUT2D eigenvalue weighted by molar-refractivity contribution is -0.137. The van der Waals surface area contributed by atoms with Crippen molar-refractivity contribution in [1.29, 1.82) is 0 Å². The topological polar surface area (TPSA) is 37.3 Å². The summed E-state index contributed by atoms with van der Waals surface area (Å²) in [5.41, 5.74) is 0. The molecular weight excluding hydrogens is 272 g/mol. The molecule has 22 heavy (non-hydrogen) atoms. The highest BCUT2D eigenvalue weighted by molar-refractivity contribution is 5.66. The summed E-state index contributed by atoms with van der Waals surface area (Å²) in [7, 11) is 0. The van der Waals surface area contributed by atoms with Crippen molar-refractivity contribution in [3.8, 4) is 0 Å². The van der Waals surface area contributed by atoms with Gasteiger partial charge in [0.05, 0.1) is 0 Å². The van der Waals surface area contributed by atoms with Gasteiger partial charge in [-0.1, -0.05) is 62.5 Å². The number of unbranched alkanes of at least 4 members (excludes halogenated alkanes) is 1. The quantitative estimate of drug-likeness (QED) is 0.331. The zero-order valence-electron chi connectivity index (χ0n) is 14.2. The molecule has 0 amide bonds. The van der Waals surface area contributed by atoms with Gasteiger partial charge in [-0.2, -0.15) is 0 Å². The van der Waals surface area contributed by atoms with E-state index < -0.39 is 5.97 Å². The third kappa shape index (κ3) is 18.4. The molecule has 0 unspecified atom stereocenters. The molecule has 0 bridgehead atoms. The average molecular weight is 304 g/mol. The van der Waals surface area contributed by atoms with Gasteiger partial charge in [-0.05, 0) is 50.9 Å². The van der Waals surface area contributed by atoms with E-state index in [1.807, 2.05) is 0 Å². The Morgan fingerprint density at radius 1 is 0.818 bits per heavy atom. The Balaban J connectivity index is 3.44. The molecule has 1 N–H and O–H groups in total. The van der Waals surface area contributed by atoms with Crippen molar-refractivity contribution in [2.24, 2.45) is 5.92 Å². The van der Waals surface area contributed by atoms with Crippen LogP contribution in [0.1, 0.15) is 65.2 Å². The minimum absolute atomic E-state index is 0.261. The Hall–Kier alpha value is -1.57. The van der Waals surface area contributed by atoms with Gasteiger partial charge < -0.3 is 5.11 Å². The van der Waals surface area contributed by atoms with Crippen LogP contribution in [0.5, 0.6) is 0 Å². The predicted molar refractivity (Wildman–Crippen MR) is 96.0 cm³/mol. The molecule has 0 saturated heterocycles. The number of hydrogen-bond donors (Lipinski definition) is 1. The number of carboxylic acids is 1. The molecule has 0 aliphatic rings. The van der Waals surface area contributed by atoms with Crippen LogP contribution in [0.2, 0.25) is 0 Å². The van der Waals surface area contributed by atoms with Crippen LogP contribution in [0.3, 0.4) is 0 Å². The van der Waals surface area contributed by atoms with E-state index >= 15 is 0 Å². The summed E-state index contributed by atoms with van der Waals surface area (Å²) in [5, 5.41) is 8.49. The zero-order valence-corrected chi connectivity index (χ0v) is 14.2. The summed E-state index contributed by atoms with van der Waals surface area (Å²) in [5.74, 6) is 0.0754. The van der Waals surface area contributed by atoms with Gasteiger partial charge >= 0.3 is 5.97 Å². The van der Waals surface area contributed by atoms with E-state index in [9.17, 15) is 4.79 Å². The summed E-state index contributed by atoms with van der Waals surface area (Å²) in [4.78, 5) is 10.3. The monoisotopic (exact) mass is 304 g/mol. The fourth-order valence-electron chi connectivity index (χ4n) is 1.85. The van der Waals surface area contributed by atoms with E-state index in [0.29, 0.717) is 0 Å². The molecule has 0 atom stereocenters. The largest absolute Gasteiger partial charge is 0.481 e. The zero-order chi connectivity index (χ0) is 16.5. The van der Waals surface area contributed by atoms with E-state index in [0.717, 1.165) is 38.0 Å². The van der Waals surface area contributed by atoms with Gasteiger partial charge in [0.15, 0.2) is 0 Å². The first-order valence-corrected chi connectivity index (χ1v) is 8.44. The molecule has 0 heterocycles. The third-order valence-corrected chi connectivity index (χ3v) is 3.16. The maximum atomic E-state index is 10.3. The van der Waals surface area contributed by atoms with E-state index in [4.69, 9.17) is 5.11 Å². The lowest BCUT2D eigenvalue weighted by Gasteiger charge is -1.98. The molecule has 0 aromatic carbocycles. The van der Waals surface area contributed by atoms with Crippen LogP contribution in [0.25, 0.3) is 0 Å². The van der Waals surface area contributed by atoms with Crippen LogP contribution in [-0.2, 0) is 4.79 Å². The van der Waals surface area contributed by atoms with Crippen molar-refractivity contribution in [3.63, 3.8) is 0 Å². The molecule has 0 saturated carbocycles. The second-order valence-electron chi connectivity index (χ2n) is 5.85. The standard InChI is InChI=1S/C20H32O2/c1-19(2)17-15-13-11-9-7-5-3-4-6-8-10-12-14-16-18-20(21)22/h4-7,10-13,19H,3,8-9,14-18H2,1-2H3,(H,21,22)/b6-4+,7-5+,12-10+,13-11+. The lowest BCUT2D eigenvalue weighted by Crippen LogP contribution is -1.92. The van der Waals surface area contributed by atoms with Gasteiger partial charge in [-0.3, -0.25) is 4.79 Å². The lowest BCUT2D eigenvalue weighted by atomic mass is 10.1. The minimum Gasteiger partial charge on any atom is -0.481 e. The molecular formula is C20H32O2. The first kappa shape index (κ1) is 20.4. The summed E-state index contributed by atoms with van der Waals surface area (Å²) in [6.45, 7) is 4.51. The first-order valence-electron chi connectivity index (χ1n) is 8.44. The number of rotatable bonds is 13. The van der Waals surface area contributed by atoms with E-state index in [-0.39, 0.29) is 6.42 Å². The number of allylic oxidation sites excluding steroid dienone is 8. The Bertz CT molecular complexity index is 373. The second kappa shape index (κ2) is 15.8. The highest BCUT2D eigenvalue weighted by atomic mass is 16.4. The maximum absolute atomic E-state index is 10.3. The minimum atomic E-state index is -0.713. The SMILES string of the molecule is CC(C)CC/C=C/C/C=C/C/C=C/C/C=C/CCCC(=O)O. The van der Waals surface area contributed by atoms with E-state index in [1.54, 1.807) is 0 Å². The first-order chi connectivity index (χ1) is 10.6. The molecule has 124 valence electrons. The Morgan fingerprint density at radius 3 is 1.73 bits per heavy atom. The van der Waals surface area contributed by atoms with Crippen molar-refractivity contribution in [3.05, 3.63) is 48.6 Å². The molecule has 0 aliphatic carbocycles. The molecule has 0 radical (unpaired) electrons. The molecule has 0 fully saturated rings. The highest BCUT2D eigenvalue weighted by Gasteiger charge is 1.92.